The van der Waals surface area contributed by atoms with E-state index < -0.39 is 42.8 Å². The molecule has 2 saturated heterocycles. The SMILES string of the molecule is NS(=O)(=O)N1CCC(C(=O)N2CCN(S(=O)(=O)c3ccccc3C(F)(F)F)CC2)CC1. The summed E-state index contributed by atoms with van der Waals surface area (Å²) in [6.45, 7) is 0.0749. The zero-order valence-corrected chi connectivity index (χ0v) is 18.1. The second-order valence-corrected chi connectivity index (χ2v) is 10.9. The molecule has 2 fully saturated rings. The summed E-state index contributed by atoms with van der Waals surface area (Å²) in [6.07, 6.45) is -4.22. The molecular weight excluding hydrogens is 461 g/mol. The zero-order valence-electron chi connectivity index (χ0n) is 16.5. The molecule has 1 aromatic carbocycles. The number of sulfonamides is 1. The van der Waals surface area contributed by atoms with Gasteiger partial charge in [-0.15, -0.1) is 0 Å². The van der Waals surface area contributed by atoms with E-state index in [0.717, 1.165) is 26.8 Å². The number of nitrogens with two attached hydrogens (primary N) is 1. The van der Waals surface area contributed by atoms with E-state index >= 15 is 0 Å². The number of carbonyl (C=O) groups is 1. The Morgan fingerprint density at radius 2 is 1.45 bits per heavy atom. The molecule has 2 heterocycles. The van der Waals surface area contributed by atoms with E-state index in [1.54, 1.807) is 0 Å². The van der Waals surface area contributed by atoms with Crippen LogP contribution in [-0.2, 0) is 31.2 Å². The van der Waals surface area contributed by atoms with Crippen molar-refractivity contribution in [2.45, 2.75) is 23.9 Å². The summed E-state index contributed by atoms with van der Waals surface area (Å²) in [5.74, 6) is -0.631. The molecule has 1 aromatic rings. The molecule has 0 unspecified atom stereocenters. The first-order chi connectivity index (χ1) is 14.3. The monoisotopic (exact) mass is 484 g/mol. The van der Waals surface area contributed by atoms with Gasteiger partial charge in [0.15, 0.2) is 0 Å². The van der Waals surface area contributed by atoms with Crippen LogP contribution in [0, 0.1) is 5.92 Å². The van der Waals surface area contributed by atoms with Crippen molar-refractivity contribution in [3.8, 4) is 0 Å². The normalized spacial score (nSPS) is 20.7. The summed E-state index contributed by atoms with van der Waals surface area (Å²) in [4.78, 5) is 13.4. The van der Waals surface area contributed by atoms with Crippen LogP contribution in [0.25, 0.3) is 0 Å². The number of benzene rings is 1. The Hall–Kier alpha value is -1.74. The Morgan fingerprint density at radius 1 is 0.903 bits per heavy atom. The van der Waals surface area contributed by atoms with Crippen molar-refractivity contribution in [2.24, 2.45) is 11.1 Å². The molecule has 9 nitrogen and oxygen atoms in total. The van der Waals surface area contributed by atoms with Crippen molar-refractivity contribution in [3.63, 3.8) is 0 Å². The molecule has 0 bridgehead atoms. The van der Waals surface area contributed by atoms with Crippen molar-refractivity contribution < 1.29 is 34.8 Å². The average Bonchev–Trinajstić information content (AvgIpc) is 2.72. The van der Waals surface area contributed by atoms with Crippen molar-refractivity contribution >= 4 is 26.1 Å². The minimum atomic E-state index is -4.81. The number of hydrogen-bond acceptors (Lipinski definition) is 5. The van der Waals surface area contributed by atoms with Crippen LogP contribution in [0.1, 0.15) is 18.4 Å². The number of hydrogen-bond donors (Lipinski definition) is 1. The highest BCUT2D eigenvalue weighted by molar-refractivity contribution is 7.89. The maximum atomic E-state index is 13.2. The summed E-state index contributed by atoms with van der Waals surface area (Å²) in [6, 6.07) is 4.00. The van der Waals surface area contributed by atoms with Crippen molar-refractivity contribution in [2.75, 3.05) is 39.3 Å². The molecule has 0 radical (unpaired) electrons. The summed E-state index contributed by atoms with van der Waals surface area (Å²) in [5, 5.41) is 5.09. The fourth-order valence-corrected chi connectivity index (χ4v) is 6.18. The molecule has 0 aliphatic carbocycles. The van der Waals surface area contributed by atoms with Crippen molar-refractivity contribution in [1.82, 2.24) is 13.5 Å². The van der Waals surface area contributed by atoms with E-state index in [9.17, 15) is 34.8 Å². The van der Waals surface area contributed by atoms with E-state index in [0.29, 0.717) is 12.8 Å². The van der Waals surface area contributed by atoms with Gasteiger partial charge in [0.05, 0.1) is 10.5 Å². The van der Waals surface area contributed by atoms with Gasteiger partial charge in [-0.2, -0.15) is 30.2 Å². The predicted molar refractivity (Wildman–Crippen MR) is 104 cm³/mol. The molecule has 2 N–H and O–H groups in total. The molecule has 31 heavy (non-hydrogen) atoms. The number of halogens is 3. The number of piperidine rings is 1. The van der Waals surface area contributed by atoms with Crippen LogP contribution in [0.3, 0.4) is 0 Å². The van der Waals surface area contributed by atoms with Crippen molar-refractivity contribution in [1.29, 1.82) is 0 Å². The van der Waals surface area contributed by atoms with E-state index in [1.807, 2.05) is 0 Å². The van der Waals surface area contributed by atoms with Gasteiger partial charge in [-0.25, -0.2) is 13.6 Å². The van der Waals surface area contributed by atoms with E-state index in [-0.39, 0.29) is 45.2 Å². The Kier molecular flexibility index (Phi) is 6.68. The third-order valence-electron chi connectivity index (χ3n) is 5.52. The molecule has 2 aliphatic heterocycles. The highest BCUT2D eigenvalue weighted by Crippen LogP contribution is 2.35. The van der Waals surface area contributed by atoms with Crippen LogP contribution in [-0.4, -0.2) is 75.5 Å². The highest BCUT2D eigenvalue weighted by Gasteiger charge is 2.40. The summed E-state index contributed by atoms with van der Waals surface area (Å²) in [7, 11) is -8.19. The van der Waals surface area contributed by atoms with E-state index in [4.69, 9.17) is 5.14 Å². The molecule has 0 atom stereocenters. The second-order valence-electron chi connectivity index (χ2n) is 7.44. The van der Waals surface area contributed by atoms with Gasteiger partial charge in [0, 0.05) is 45.2 Å². The largest absolute Gasteiger partial charge is 0.417 e. The van der Waals surface area contributed by atoms with Gasteiger partial charge in [0.1, 0.15) is 0 Å². The van der Waals surface area contributed by atoms with Crippen LogP contribution >= 0.6 is 0 Å². The molecule has 0 aromatic heterocycles. The van der Waals surface area contributed by atoms with Gasteiger partial charge in [0.25, 0.3) is 10.2 Å². The second kappa shape index (κ2) is 8.65. The Morgan fingerprint density at radius 3 is 1.97 bits per heavy atom. The fraction of sp³-hybridized carbons (Fsp3) is 0.588. The third-order valence-corrected chi connectivity index (χ3v) is 8.57. The Labute approximate surface area is 178 Å². The highest BCUT2D eigenvalue weighted by atomic mass is 32.2. The molecule has 0 saturated carbocycles. The number of rotatable bonds is 4. The summed E-state index contributed by atoms with van der Waals surface area (Å²) in [5.41, 5.74) is -1.23. The lowest BCUT2D eigenvalue weighted by molar-refractivity contribution is -0.140. The van der Waals surface area contributed by atoms with Gasteiger partial charge in [-0.05, 0) is 25.0 Å². The predicted octanol–water partition coefficient (Wildman–Crippen LogP) is 0.454. The van der Waals surface area contributed by atoms with Crippen LogP contribution in [0.5, 0.6) is 0 Å². The van der Waals surface area contributed by atoms with Crippen LogP contribution < -0.4 is 5.14 Å². The molecule has 2 aliphatic rings. The lowest BCUT2D eigenvalue weighted by Gasteiger charge is -2.37. The minimum absolute atomic E-state index is 0.0433. The molecule has 0 spiro atoms. The molecule has 174 valence electrons. The third kappa shape index (κ3) is 5.19. The molecule has 1 amide bonds. The lowest BCUT2D eigenvalue weighted by Crippen LogP contribution is -2.53. The summed E-state index contributed by atoms with van der Waals surface area (Å²) < 4.78 is 90.1. The molecule has 3 rings (SSSR count). The van der Waals surface area contributed by atoms with Crippen LogP contribution in [0.15, 0.2) is 29.2 Å². The average molecular weight is 485 g/mol. The summed E-state index contributed by atoms with van der Waals surface area (Å²) >= 11 is 0. The Bertz CT molecular complexity index is 1030. The van der Waals surface area contributed by atoms with Gasteiger partial charge < -0.3 is 4.90 Å². The minimum Gasteiger partial charge on any atom is -0.340 e. The first-order valence-electron chi connectivity index (χ1n) is 9.55. The lowest BCUT2D eigenvalue weighted by atomic mass is 9.96. The Balaban J connectivity index is 1.64. The first kappa shape index (κ1) is 23.9. The zero-order chi connectivity index (χ0) is 23.0. The van der Waals surface area contributed by atoms with Crippen molar-refractivity contribution in [3.05, 3.63) is 29.8 Å². The first-order valence-corrected chi connectivity index (χ1v) is 12.5. The number of nitrogens with zero attached hydrogens (tertiary/aromatic N) is 3. The van der Waals surface area contributed by atoms with Crippen LogP contribution in [0.4, 0.5) is 13.2 Å². The number of carbonyl (C=O) groups excluding carboxylic acids is 1. The topological polar surface area (TPSA) is 121 Å². The standard InChI is InChI=1S/C17H23F3N4O5S2/c18-17(19,20)14-3-1-2-4-15(14)30(26,27)23-11-9-22(10-12-23)16(25)13-5-7-24(8-6-13)31(21,28)29/h1-4,13H,5-12H2,(H2,21,28,29). The van der Waals surface area contributed by atoms with E-state index in [1.165, 1.54) is 11.0 Å². The number of alkyl halides is 3. The smallest absolute Gasteiger partial charge is 0.340 e. The molecule has 14 heteroatoms. The number of amides is 1. The maximum Gasteiger partial charge on any atom is 0.417 e. The fourth-order valence-electron chi connectivity index (χ4n) is 3.83. The van der Waals surface area contributed by atoms with Gasteiger partial charge in [0.2, 0.25) is 15.9 Å². The molecular formula is C17H23F3N4O5S2. The van der Waals surface area contributed by atoms with Gasteiger partial charge >= 0.3 is 6.18 Å². The van der Waals surface area contributed by atoms with E-state index in [2.05, 4.69) is 0 Å². The number of piperazine rings is 1. The van der Waals surface area contributed by atoms with Crippen LogP contribution in [0.2, 0.25) is 0 Å². The van der Waals surface area contributed by atoms with Gasteiger partial charge in [-0.3, -0.25) is 4.79 Å². The maximum absolute atomic E-state index is 13.2. The van der Waals surface area contributed by atoms with Gasteiger partial charge in [-0.1, -0.05) is 12.1 Å². The quantitative estimate of drug-likeness (QED) is 0.665.